The molecule has 0 aromatic heterocycles. The number of Topliss-reactive ketones (excluding diaryl/α,β-unsaturated/α-hetero) is 1. The summed E-state index contributed by atoms with van der Waals surface area (Å²) in [4.78, 5) is 35.9. The zero-order valence-electron chi connectivity index (χ0n) is 15.5. The molecule has 0 unspecified atom stereocenters. The Kier molecular flexibility index (Phi) is 4.96. The highest BCUT2D eigenvalue weighted by molar-refractivity contribution is 6.54. The van der Waals surface area contributed by atoms with Crippen LogP contribution in [-0.2, 0) is 4.79 Å². The van der Waals surface area contributed by atoms with Crippen LogP contribution in [0.2, 0.25) is 0 Å². The molecule has 1 aliphatic heterocycles. The molecular weight excluding hydrogens is 384 g/mol. The Morgan fingerprint density at radius 1 is 0.900 bits per heavy atom. The van der Waals surface area contributed by atoms with Gasteiger partial charge in [-0.3, -0.25) is 19.7 Å². The average molecular weight is 398 g/mol. The van der Waals surface area contributed by atoms with Crippen molar-refractivity contribution >= 4 is 34.5 Å². The van der Waals surface area contributed by atoms with Gasteiger partial charge in [0.25, 0.3) is 11.6 Å². The maximum atomic E-state index is 13.0. The molecule has 8 nitrogen and oxygen atoms in total. The van der Waals surface area contributed by atoms with Crippen molar-refractivity contribution in [2.75, 3.05) is 5.32 Å². The highest BCUT2D eigenvalue weighted by Gasteiger charge is 2.28. The van der Waals surface area contributed by atoms with Crippen LogP contribution >= 0.6 is 0 Å². The lowest BCUT2D eigenvalue weighted by molar-refractivity contribution is -0.384. The Hall–Kier alpha value is -4.46. The summed E-state index contributed by atoms with van der Waals surface area (Å²) >= 11 is 0. The largest absolute Gasteiger partial charge is 0.320 e. The number of nitrogens with zero attached hydrogens (tertiary/aromatic N) is 3. The smallest absolute Gasteiger partial charge is 0.276 e. The van der Waals surface area contributed by atoms with Gasteiger partial charge in [0.05, 0.1) is 10.6 Å². The molecule has 0 saturated heterocycles. The summed E-state index contributed by atoms with van der Waals surface area (Å²) in [6.07, 6.45) is 0. The van der Waals surface area contributed by atoms with E-state index in [4.69, 9.17) is 0 Å². The van der Waals surface area contributed by atoms with Crippen LogP contribution in [0.3, 0.4) is 0 Å². The van der Waals surface area contributed by atoms with Crippen molar-refractivity contribution < 1.29 is 14.5 Å². The first-order valence-corrected chi connectivity index (χ1v) is 8.95. The number of non-ortho nitro benzene ring substituents is 1. The molecule has 0 spiro atoms. The fourth-order valence-electron chi connectivity index (χ4n) is 3.01. The van der Waals surface area contributed by atoms with E-state index in [1.165, 1.54) is 18.2 Å². The van der Waals surface area contributed by atoms with Crippen LogP contribution in [0.15, 0.2) is 89.1 Å². The van der Waals surface area contributed by atoms with E-state index in [0.29, 0.717) is 16.8 Å². The van der Waals surface area contributed by atoms with E-state index in [1.54, 1.807) is 60.7 Å². The molecule has 8 heteroatoms. The number of carbonyl (C=O) groups excluding carboxylic acids is 2. The highest BCUT2D eigenvalue weighted by atomic mass is 16.6. The van der Waals surface area contributed by atoms with Crippen LogP contribution in [0.4, 0.5) is 11.4 Å². The first-order chi connectivity index (χ1) is 14.5. The predicted molar refractivity (Wildman–Crippen MR) is 112 cm³/mol. The van der Waals surface area contributed by atoms with Crippen LogP contribution in [0.25, 0.3) is 0 Å². The third-order valence-corrected chi connectivity index (χ3v) is 4.48. The van der Waals surface area contributed by atoms with Gasteiger partial charge in [0, 0.05) is 28.8 Å². The average Bonchev–Trinajstić information content (AvgIpc) is 3.09. The second-order valence-corrected chi connectivity index (χ2v) is 6.40. The molecule has 3 aromatic carbocycles. The lowest BCUT2D eigenvalue weighted by Gasteiger charge is -2.05. The fourth-order valence-corrected chi connectivity index (χ4v) is 3.01. The number of hydrogen-bond donors (Lipinski definition) is 1. The van der Waals surface area contributed by atoms with Crippen LogP contribution in [0.1, 0.15) is 21.5 Å². The third kappa shape index (κ3) is 3.61. The second-order valence-electron chi connectivity index (χ2n) is 6.40. The topological polar surface area (TPSA) is 114 Å². The zero-order valence-corrected chi connectivity index (χ0v) is 15.5. The molecule has 0 aliphatic carbocycles. The van der Waals surface area contributed by atoms with Crippen molar-refractivity contribution in [1.82, 2.24) is 0 Å². The summed E-state index contributed by atoms with van der Waals surface area (Å²) in [6, 6.07) is 21.3. The summed E-state index contributed by atoms with van der Waals surface area (Å²) in [6.45, 7) is 0. The summed E-state index contributed by atoms with van der Waals surface area (Å²) < 4.78 is 0. The number of carbonyl (C=O) groups is 2. The van der Waals surface area contributed by atoms with Gasteiger partial charge in [-0.1, -0.05) is 60.7 Å². The summed E-state index contributed by atoms with van der Waals surface area (Å²) in [5.74, 6) is -0.905. The molecule has 0 radical (unpaired) electrons. The second kappa shape index (κ2) is 7.88. The Balaban J connectivity index is 1.81. The zero-order chi connectivity index (χ0) is 21.1. The van der Waals surface area contributed by atoms with E-state index in [2.05, 4.69) is 15.5 Å². The van der Waals surface area contributed by atoms with Gasteiger partial charge < -0.3 is 5.32 Å². The number of nitro benzene ring substituents is 1. The van der Waals surface area contributed by atoms with Gasteiger partial charge in [0.15, 0.2) is 5.71 Å². The fraction of sp³-hybridized carbons (Fsp3) is 0. The molecule has 0 saturated carbocycles. The Bertz CT molecular complexity index is 1220. The Morgan fingerprint density at radius 2 is 1.53 bits per heavy atom. The first kappa shape index (κ1) is 18.9. The van der Waals surface area contributed by atoms with Crippen molar-refractivity contribution in [1.29, 1.82) is 0 Å². The first-order valence-electron chi connectivity index (χ1n) is 8.95. The number of ketones is 1. The van der Waals surface area contributed by atoms with Gasteiger partial charge in [0.1, 0.15) is 5.71 Å². The number of hydrogen-bond acceptors (Lipinski definition) is 6. The van der Waals surface area contributed by atoms with Crippen molar-refractivity contribution in [2.24, 2.45) is 10.2 Å². The molecule has 0 bridgehead atoms. The number of rotatable bonds is 5. The number of nitro groups is 1. The minimum Gasteiger partial charge on any atom is -0.320 e. The Labute approximate surface area is 170 Å². The number of anilines is 1. The van der Waals surface area contributed by atoms with Crippen LogP contribution in [0, 0.1) is 10.1 Å². The molecule has 1 N–H and O–H groups in total. The number of nitrogens with one attached hydrogen (secondary N) is 1. The van der Waals surface area contributed by atoms with Crippen LogP contribution in [0.5, 0.6) is 0 Å². The van der Waals surface area contributed by atoms with Crippen molar-refractivity contribution in [2.45, 2.75) is 0 Å². The molecule has 1 aliphatic rings. The van der Waals surface area contributed by atoms with Gasteiger partial charge in [-0.2, -0.15) is 0 Å². The minimum atomic E-state index is -0.557. The molecule has 0 atom stereocenters. The van der Waals surface area contributed by atoms with Gasteiger partial charge in [0.2, 0.25) is 5.78 Å². The van der Waals surface area contributed by atoms with E-state index in [1.807, 2.05) is 0 Å². The molecule has 0 fully saturated rings. The van der Waals surface area contributed by atoms with E-state index in [0.717, 1.165) is 0 Å². The number of fused-ring (bicyclic) bond motifs is 1. The molecule has 1 heterocycles. The minimum absolute atomic E-state index is 0.0565. The van der Waals surface area contributed by atoms with Crippen LogP contribution < -0.4 is 5.32 Å². The van der Waals surface area contributed by atoms with Crippen LogP contribution in [-0.4, -0.2) is 28.0 Å². The molecule has 30 heavy (non-hydrogen) atoms. The standard InChI is InChI=1S/C22H14N4O4/c27-21(15-9-5-2-6-10-15)19(14-7-3-1-4-8-14)24-25-20-17-13-16(26(29)30)11-12-18(17)23-22(20)28/h1-13H,(H,23,25,28)/b24-19-. The van der Waals surface area contributed by atoms with Gasteiger partial charge in [-0.25, -0.2) is 0 Å². The van der Waals surface area contributed by atoms with E-state index in [9.17, 15) is 19.7 Å². The van der Waals surface area contributed by atoms with Gasteiger partial charge >= 0.3 is 0 Å². The predicted octanol–water partition coefficient (Wildman–Crippen LogP) is 3.62. The lowest BCUT2D eigenvalue weighted by atomic mass is 10.0. The number of amides is 1. The Morgan fingerprint density at radius 3 is 2.17 bits per heavy atom. The summed E-state index contributed by atoms with van der Waals surface area (Å²) in [5, 5.41) is 21.8. The molecule has 1 amide bonds. The normalized spacial score (nSPS) is 14.3. The maximum Gasteiger partial charge on any atom is 0.276 e. The third-order valence-electron chi connectivity index (χ3n) is 4.48. The maximum absolute atomic E-state index is 13.0. The van der Waals surface area contributed by atoms with E-state index < -0.39 is 10.8 Å². The SMILES string of the molecule is O=C1Nc2ccc([N+](=O)[O-])cc2/C1=N/N=C(\C(=O)c1ccccc1)c1ccccc1. The highest BCUT2D eigenvalue weighted by Crippen LogP contribution is 2.28. The lowest BCUT2D eigenvalue weighted by Crippen LogP contribution is -2.17. The van der Waals surface area contributed by atoms with E-state index >= 15 is 0 Å². The quantitative estimate of drug-likeness (QED) is 0.306. The molecule has 3 aromatic rings. The van der Waals surface area contributed by atoms with Crippen molar-refractivity contribution in [3.63, 3.8) is 0 Å². The number of benzene rings is 3. The molecule has 146 valence electrons. The van der Waals surface area contributed by atoms with E-state index in [-0.39, 0.29) is 28.5 Å². The summed E-state index contributed by atoms with van der Waals surface area (Å²) in [5.41, 5.74) is 1.41. The monoisotopic (exact) mass is 398 g/mol. The summed E-state index contributed by atoms with van der Waals surface area (Å²) in [7, 11) is 0. The molecular formula is C22H14N4O4. The molecule has 4 rings (SSSR count). The van der Waals surface area contributed by atoms with Crippen molar-refractivity contribution in [3.8, 4) is 0 Å². The van der Waals surface area contributed by atoms with Gasteiger partial charge in [-0.05, 0) is 6.07 Å². The van der Waals surface area contributed by atoms with Gasteiger partial charge in [-0.15, -0.1) is 10.2 Å². The van der Waals surface area contributed by atoms with Crippen molar-refractivity contribution in [3.05, 3.63) is 106 Å².